The van der Waals surface area contributed by atoms with Gasteiger partial charge in [-0.05, 0) is 30.8 Å². The Kier molecular flexibility index (Phi) is 4.03. The fraction of sp³-hybridized carbons (Fsp3) is 0.500. The van der Waals surface area contributed by atoms with Gasteiger partial charge in [0, 0.05) is 19.6 Å². The number of nitrogens with one attached hydrogen (secondary N) is 1. The van der Waals surface area contributed by atoms with Crippen LogP contribution in [0.5, 0.6) is 0 Å². The molecule has 0 radical (unpaired) electrons. The van der Waals surface area contributed by atoms with Crippen LogP contribution in [0.1, 0.15) is 12.0 Å². The molecule has 1 aliphatic rings. The van der Waals surface area contributed by atoms with Crippen LogP contribution in [-0.2, 0) is 11.3 Å². The van der Waals surface area contributed by atoms with Crippen LogP contribution in [-0.4, -0.2) is 46.5 Å². The molecule has 21 heavy (non-hydrogen) atoms. The number of carbonyl (C=O) groups excluding carboxylic acids is 1. The summed E-state index contributed by atoms with van der Waals surface area (Å²) in [5.41, 5.74) is 1.62. The van der Waals surface area contributed by atoms with Gasteiger partial charge in [-0.3, -0.25) is 14.2 Å². The second-order valence-corrected chi connectivity index (χ2v) is 6.14. The molecule has 0 bridgehead atoms. The smallest absolute Gasteiger partial charge is 0.271 e. The fourth-order valence-electron chi connectivity index (χ4n) is 2.51. The number of carbonyl (C=O) groups is 1. The Morgan fingerprint density at radius 3 is 3.14 bits per heavy atom. The normalized spacial score (nSPS) is 16.1. The molecular weight excluding hydrogens is 288 g/mol. The summed E-state index contributed by atoms with van der Waals surface area (Å²) in [6, 6.07) is 0. The molecule has 7 heteroatoms. The molecule has 1 aliphatic heterocycles. The second-order valence-electron chi connectivity index (χ2n) is 5.26. The predicted octanol–water partition coefficient (Wildman–Crippen LogP) is 0.588. The van der Waals surface area contributed by atoms with E-state index in [1.807, 2.05) is 17.2 Å². The molecule has 0 unspecified atom stereocenters. The van der Waals surface area contributed by atoms with Gasteiger partial charge >= 0.3 is 0 Å². The molecule has 1 saturated heterocycles. The lowest BCUT2D eigenvalue weighted by molar-refractivity contribution is -0.131. The van der Waals surface area contributed by atoms with E-state index in [-0.39, 0.29) is 18.0 Å². The Hall–Kier alpha value is -1.73. The van der Waals surface area contributed by atoms with Gasteiger partial charge in [0.25, 0.3) is 5.56 Å². The molecule has 0 atom stereocenters. The first-order chi connectivity index (χ1) is 10.2. The lowest BCUT2D eigenvalue weighted by Gasteiger charge is -2.20. The van der Waals surface area contributed by atoms with E-state index in [0.29, 0.717) is 11.2 Å². The molecule has 1 amide bonds. The van der Waals surface area contributed by atoms with Crippen LogP contribution in [0.3, 0.4) is 0 Å². The summed E-state index contributed by atoms with van der Waals surface area (Å²) in [5.74, 6) is -0.0183. The van der Waals surface area contributed by atoms with Crippen molar-refractivity contribution < 1.29 is 4.79 Å². The van der Waals surface area contributed by atoms with Gasteiger partial charge in [-0.15, -0.1) is 11.3 Å². The predicted molar refractivity (Wildman–Crippen MR) is 82.7 cm³/mol. The van der Waals surface area contributed by atoms with E-state index in [1.54, 1.807) is 0 Å². The maximum Gasteiger partial charge on any atom is 0.271 e. The lowest BCUT2D eigenvalue weighted by atomic mass is 10.3. The third kappa shape index (κ3) is 2.84. The summed E-state index contributed by atoms with van der Waals surface area (Å²) < 4.78 is 2.04. The van der Waals surface area contributed by atoms with Gasteiger partial charge in [0.1, 0.15) is 11.2 Å². The summed E-state index contributed by atoms with van der Waals surface area (Å²) in [5, 5.41) is 5.18. The number of hydrogen-bond acceptors (Lipinski definition) is 5. The van der Waals surface area contributed by atoms with Gasteiger partial charge in [0.05, 0.1) is 11.8 Å². The molecular formula is C14H18N4O2S. The highest BCUT2D eigenvalue weighted by Crippen LogP contribution is 2.19. The Bertz CT molecular complexity index is 713. The summed E-state index contributed by atoms with van der Waals surface area (Å²) in [4.78, 5) is 30.8. The molecule has 3 heterocycles. The lowest BCUT2D eigenvalue weighted by Crippen LogP contribution is -2.38. The highest BCUT2D eigenvalue weighted by molar-refractivity contribution is 7.17. The molecule has 112 valence electrons. The molecule has 0 aromatic carbocycles. The zero-order valence-electron chi connectivity index (χ0n) is 12.0. The van der Waals surface area contributed by atoms with Crippen molar-refractivity contribution in [1.29, 1.82) is 0 Å². The number of fused-ring (bicyclic) bond motifs is 1. The molecule has 0 aliphatic carbocycles. The highest BCUT2D eigenvalue weighted by atomic mass is 32.1. The Labute approximate surface area is 126 Å². The van der Waals surface area contributed by atoms with Gasteiger partial charge in [0.2, 0.25) is 5.91 Å². The summed E-state index contributed by atoms with van der Waals surface area (Å²) in [6.45, 7) is 5.19. The van der Waals surface area contributed by atoms with Gasteiger partial charge in [-0.25, -0.2) is 4.98 Å². The first-order valence-corrected chi connectivity index (χ1v) is 7.96. The van der Waals surface area contributed by atoms with Crippen LogP contribution < -0.4 is 10.9 Å². The maximum atomic E-state index is 12.4. The van der Waals surface area contributed by atoms with Crippen LogP contribution in [0.15, 0.2) is 16.5 Å². The van der Waals surface area contributed by atoms with Crippen LogP contribution >= 0.6 is 11.3 Å². The van der Waals surface area contributed by atoms with E-state index in [1.165, 1.54) is 22.2 Å². The standard InChI is InChI=1S/C14H18N4O2S/c1-10-8-21-13-12(10)16-9-18(14(13)20)7-11(19)17-5-2-3-15-4-6-17/h8-9,15H,2-7H2,1H3. The third-order valence-electron chi connectivity index (χ3n) is 3.72. The number of amides is 1. The average molecular weight is 306 g/mol. The van der Waals surface area contributed by atoms with Crippen molar-refractivity contribution in [2.24, 2.45) is 0 Å². The minimum absolute atomic E-state index is 0.0183. The van der Waals surface area contributed by atoms with E-state index in [9.17, 15) is 9.59 Å². The van der Waals surface area contributed by atoms with E-state index >= 15 is 0 Å². The van der Waals surface area contributed by atoms with Crippen molar-refractivity contribution in [1.82, 2.24) is 19.8 Å². The average Bonchev–Trinajstić information content (AvgIpc) is 2.70. The molecule has 3 rings (SSSR count). The van der Waals surface area contributed by atoms with Crippen molar-refractivity contribution in [3.8, 4) is 0 Å². The molecule has 1 fully saturated rings. The zero-order valence-corrected chi connectivity index (χ0v) is 12.8. The summed E-state index contributed by atoms with van der Waals surface area (Å²) in [7, 11) is 0. The van der Waals surface area contributed by atoms with Crippen LogP contribution in [0.2, 0.25) is 0 Å². The molecule has 2 aromatic rings. The topological polar surface area (TPSA) is 67.2 Å². The number of nitrogens with zero attached hydrogens (tertiary/aromatic N) is 3. The van der Waals surface area contributed by atoms with Gasteiger partial charge in [0.15, 0.2) is 0 Å². The second kappa shape index (κ2) is 5.95. The maximum absolute atomic E-state index is 12.4. The largest absolute Gasteiger partial charge is 0.340 e. The minimum Gasteiger partial charge on any atom is -0.340 e. The van der Waals surface area contributed by atoms with Gasteiger partial charge < -0.3 is 10.2 Å². The van der Waals surface area contributed by atoms with E-state index in [4.69, 9.17) is 0 Å². The van der Waals surface area contributed by atoms with Gasteiger partial charge in [-0.1, -0.05) is 0 Å². The van der Waals surface area contributed by atoms with Crippen molar-refractivity contribution >= 4 is 27.5 Å². The minimum atomic E-state index is -0.126. The molecule has 2 aromatic heterocycles. The highest BCUT2D eigenvalue weighted by Gasteiger charge is 2.17. The number of rotatable bonds is 2. The number of hydrogen-bond donors (Lipinski definition) is 1. The third-order valence-corrected chi connectivity index (χ3v) is 4.80. The van der Waals surface area contributed by atoms with E-state index in [2.05, 4.69) is 10.3 Å². The Morgan fingerprint density at radius 1 is 1.43 bits per heavy atom. The summed E-state index contributed by atoms with van der Waals surface area (Å²) >= 11 is 1.39. The van der Waals surface area contributed by atoms with Crippen LogP contribution in [0, 0.1) is 6.92 Å². The quantitative estimate of drug-likeness (QED) is 0.882. The Morgan fingerprint density at radius 2 is 2.29 bits per heavy atom. The SMILES string of the molecule is Cc1csc2c(=O)n(CC(=O)N3CCCNCC3)cnc12. The first-order valence-electron chi connectivity index (χ1n) is 7.08. The first kappa shape index (κ1) is 14.2. The fourth-order valence-corrected chi connectivity index (χ4v) is 3.46. The Balaban J connectivity index is 1.82. The van der Waals surface area contributed by atoms with Crippen molar-refractivity contribution in [2.75, 3.05) is 26.2 Å². The van der Waals surface area contributed by atoms with E-state index < -0.39 is 0 Å². The van der Waals surface area contributed by atoms with E-state index in [0.717, 1.165) is 37.1 Å². The molecule has 0 saturated carbocycles. The molecule has 0 spiro atoms. The molecule has 1 N–H and O–H groups in total. The monoisotopic (exact) mass is 306 g/mol. The van der Waals surface area contributed by atoms with Crippen LogP contribution in [0.25, 0.3) is 10.2 Å². The van der Waals surface area contributed by atoms with Crippen molar-refractivity contribution in [3.05, 3.63) is 27.6 Å². The number of aryl methyl sites for hydroxylation is 1. The van der Waals surface area contributed by atoms with Gasteiger partial charge in [-0.2, -0.15) is 0 Å². The summed E-state index contributed by atoms with van der Waals surface area (Å²) in [6.07, 6.45) is 2.43. The number of thiophene rings is 1. The van der Waals surface area contributed by atoms with Crippen molar-refractivity contribution in [3.63, 3.8) is 0 Å². The van der Waals surface area contributed by atoms with Crippen LogP contribution in [0.4, 0.5) is 0 Å². The number of aromatic nitrogens is 2. The zero-order chi connectivity index (χ0) is 14.8. The molecule has 6 nitrogen and oxygen atoms in total. The van der Waals surface area contributed by atoms with Crippen molar-refractivity contribution in [2.45, 2.75) is 19.9 Å².